The van der Waals surface area contributed by atoms with Crippen molar-refractivity contribution in [3.63, 3.8) is 0 Å². The molecule has 0 saturated heterocycles. The number of nitrogens with one attached hydrogen (secondary N) is 1. The minimum atomic E-state index is -0.539. The lowest BCUT2D eigenvalue weighted by Crippen LogP contribution is -2.47. The highest BCUT2D eigenvalue weighted by atomic mass is 16.2. The number of aryl methyl sites for hydroxylation is 1. The van der Waals surface area contributed by atoms with Gasteiger partial charge in [0.15, 0.2) is 0 Å². The van der Waals surface area contributed by atoms with Gasteiger partial charge >= 0.3 is 0 Å². The average molecular weight is 381 g/mol. The fraction of sp³-hybridized carbons (Fsp3) is 0.476. The van der Waals surface area contributed by atoms with Gasteiger partial charge < -0.3 is 16.0 Å². The zero-order chi connectivity index (χ0) is 19.5. The van der Waals surface area contributed by atoms with Gasteiger partial charge in [-0.25, -0.2) is 0 Å². The molecule has 0 unspecified atom stereocenters. The number of fused-ring (bicyclic) bond motifs is 1. The van der Waals surface area contributed by atoms with Crippen LogP contribution in [-0.2, 0) is 35.5 Å². The van der Waals surface area contributed by atoms with Crippen LogP contribution in [0.2, 0.25) is 0 Å². The van der Waals surface area contributed by atoms with E-state index in [0.717, 1.165) is 29.8 Å². The summed E-state index contributed by atoms with van der Waals surface area (Å²) in [5.41, 5.74) is 9.15. The fourth-order valence-electron chi connectivity index (χ4n) is 3.60. The van der Waals surface area contributed by atoms with Gasteiger partial charge in [0.05, 0.1) is 30.5 Å². The van der Waals surface area contributed by atoms with Crippen molar-refractivity contribution in [2.45, 2.75) is 57.3 Å². The lowest BCUT2D eigenvalue weighted by molar-refractivity contribution is -0.134. The molecule has 4 rings (SSSR count). The van der Waals surface area contributed by atoms with E-state index in [4.69, 9.17) is 5.73 Å². The Labute approximate surface area is 164 Å². The number of amides is 2. The van der Waals surface area contributed by atoms with Gasteiger partial charge in [0.25, 0.3) is 0 Å². The quantitative estimate of drug-likeness (QED) is 0.748. The number of hydrogen-bond donors (Lipinski definition) is 2. The Hall–Kier alpha value is -2.67. The first-order chi connectivity index (χ1) is 13.6. The second-order valence-electron chi connectivity index (χ2n) is 7.75. The molecule has 7 heteroatoms. The summed E-state index contributed by atoms with van der Waals surface area (Å²) < 4.78 is 1.95. The third-order valence-electron chi connectivity index (χ3n) is 5.33. The minimum absolute atomic E-state index is 0.0262. The van der Waals surface area contributed by atoms with Crippen molar-refractivity contribution < 1.29 is 9.59 Å². The standard InChI is InChI=1S/C21H27N5O2/c22-19(12-15-4-2-1-3-5-15)21(28)25-10-11-26-18(14-25)13-17(24-26)8-9-20(27)23-16-6-7-16/h1-5,13,16,19H,6-12,14,22H2,(H,23,27)/t19-/m1/s1. The topological polar surface area (TPSA) is 93.2 Å². The molecular weight excluding hydrogens is 354 g/mol. The Morgan fingerprint density at radius 3 is 2.75 bits per heavy atom. The molecule has 7 nitrogen and oxygen atoms in total. The van der Waals surface area contributed by atoms with Crippen LogP contribution in [0.5, 0.6) is 0 Å². The number of nitrogens with zero attached hydrogens (tertiary/aromatic N) is 3. The zero-order valence-corrected chi connectivity index (χ0v) is 16.0. The average Bonchev–Trinajstić information content (AvgIpc) is 3.41. The Morgan fingerprint density at radius 1 is 1.21 bits per heavy atom. The first-order valence-corrected chi connectivity index (χ1v) is 10.0. The van der Waals surface area contributed by atoms with Gasteiger partial charge in [-0.2, -0.15) is 5.10 Å². The number of hydrogen-bond acceptors (Lipinski definition) is 4. The molecule has 1 atom stereocenters. The molecule has 28 heavy (non-hydrogen) atoms. The van der Waals surface area contributed by atoms with Crippen LogP contribution in [-0.4, -0.2) is 45.1 Å². The summed E-state index contributed by atoms with van der Waals surface area (Å²) in [5, 5.41) is 7.59. The van der Waals surface area contributed by atoms with E-state index in [0.29, 0.717) is 44.9 Å². The van der Waals surface area contributed by atoms with E-state index in [-0.39, 0.29) is 11.8 Å². The largest absolute Gasteiger partial charge is 0.353 e. The highest BCUT2D eigenvalue weighted by Crippen LogP contribution is 2.19. The molecule has 2 amide bonds. The van der Waals surface area contributed by atoms with Crippen molar-refractivity contribution in [3.05, 3.63) is 53.3 Å². The molecule has 1 aliphatic heterocycles. The number of carbonyl (C=O) groups excluding carboxylic acids is 2. The van der Waals surface area contributed by atoms with Crippen LogP contribution in [0.1, 0.15) is 36.2 Å². The van der Waals surface area contributed by atoms with Crippen LogP contribution in [0.4, 0.5) is 0 Å². The number of carbonyl (C=O) groups is 2. The first-order valence-electron chi connectivity index (χ1n) is 10.0. The van der Waals surface area contributed by atoms with Crippen molar-refractivity contribution in [1.82, 2.24) is 20.0 Å². The van der Waals surface area contributed by atoms with E-state index in [9.17, 15) is 9.59 Å². The van der Waals surface area contributed by atoms with Crippen LogP contribution >= 0.6 is 0 Å². The van der Waals surface area contributed by atoms with Gasteiger partial charge in [-0.05, 0) is 30.9 Å². The highest BCUT2D eigenvalue weighted by Gasteiger charge is 2.27. The molecule has 1 fully saturated rings. The van der Waals surface area contributed by atoms with E-state index in [1.165, 1.54) is 0 Å². The molecule has 148 valence electrons. The molecule has 0 spiro atoms. The number of rotatable bonds is 7. The second kappa shape index (κ2) is 8.14. The van der Waals surface area contributed by atoms with Gasteiger partial charge in [-0.1, -0.05) is 30.3 Å². The van der Waals surface area contributed by atoms with Crippen molar-refractivity contribution >= 4 is 11.8 Å². The maximum atomic E-state index is 12.8. The molecular formula is C21H27N5O2. The van der Waals surface area contributed by atoms with E-state index in [1.807, 2.05) is 46.0 Å². The molecule has 2 aliphatic rings. The summed E-state index contributed by atoms with van der Waals surface area (Å²) in [5.74, 6) is 0.0684. The Bertz CT molecular complexity index is 844. The lowest BCUT2D eigenvalue weighted by Gasteiger charge is -2.29. The number of aromatic nitrogens is 2. The van der Waals surface area contributed by atoms with Gasteiger partial charge in [0.1, 0.15) is 0 Å². The Balaban J connectivity index is 1.31. The first kappa shape index (κ1) is 18.7. The van der Waals surface area contributed by atoms with Crippen LogP contribution in [0.25, 0.3) is 0 Å². The summed E-state index contributed by atoms with van der Waals surface area (Å²) in [4.78, 5) is 26.4. The van der Waals surface area contributed by atoms with Gasteiger partial charge in [-0.3, -0.25) is 14.3 Å². The van der Waals surface area contributed by atoms with E-state index in [1.54, 1.807) is 0 Å². The van der Waals surface area contributed by atoms with Gasteiger partial charge in [0.2, 0.25) is 11.8 Å². The minimum Gasteiger partial charge on any atom is -0.353 e. The van der Waals surface area contributed by atoms with Crippen molar-refractivity contribution in [3.8, 4) is 0 Å². The molecule has 1 aromatic carbocycles. The summed E-state index contributed by atoms with van der Waals surface area (Å²) in [7, 11) is 0. The van der Waals surface area contributed by atoms with E-state index < -0.39 is 6.04 Å². The summed E-state index contributed by atoms with van der Waals surface area (Å²) in [6.45, 7) is 1.79. The van der Waals surface area contributed by atoms with Crippen molar-refractivity contribution in [1.29, 1.82) is 0 Å². The Kier molecular flexibility index (Phi) is 5.43. The smallest absolute Gasteiger partial charge is 0.240 e. The van der Waals surface area contributed by atoms with E-state index in [2.05, 4.69) is 10.4 Å². The maximum absolute atomic E-state index is 12.8. The molecule has 0 bridgehead atoms. The van der Waals surface area contributed by atoms with Crippen LogP contribution < -0.4 is 11.1 Å². The molecule has 1 aliphatic carbocycles. The molecule has 1 aromatic heterocycles. The summed E-state index contributed by atoms with van der Waals surface area (Å²) in [6.07, 6.45) is 3.82. The zero-order valence-electron chi connectivity index (χ0n) is 16.0. The molecule has 3 N–H and O–H groups in total. The monoisotopic (exact) mass is 381 g/mol. The summed E-state index contributed by atoms with van der Waals surface area (Å²) >= 11 is 0. The second-order valence-corrected chi connectivity index (χ2v) is 7.75. The molecule has 2 aromatic rings. The SMILES string of the molecule is N[C@H](Cc1ccccc1)C(=O)N1CCn2nc(CCC(=O)NC3CC3)cc2C1. The van der Waals surface area contributed by atoms with Crippen LogP contribution in [0.3, 0.4) is 0 Å². The number of nitrogens with two attached hydrogens (primary N) is 1. The third-order valence-corrected chi connectivity index (χ3v) is 5.33. The summed E-state index contributed by atoms with van der Waals surface area (Å²) in [6, 6.07) is 11.7. The molecule has 2 heterocycles. The number of benzene rings is 1. The van der Waals surface area contributed by atoms with E-state index >= 15 is 0 Å². The van der Waals surface area contributed by atoms with Crippen LogP contribution in [0.15, 0.2) is 36.4 Å². The normalized spacial score (nSPS) is 17.1. The third kappa shape index (κ3) is 4.59. The fourth-order valence-corrected chi connectivity index (χ4v) is 3.60. The van der Waals surface area contributed by atoms with Crippen LogP contribution in [0, 0.1) is 0 Å². The predicted molar refractivity (Wildman–Crippen MR) is 105 cm³/mol. The predicted octanol–water partition coefficient (Wildman–Crippen LogP) is 1.01. The molecule has 0 radical (unpaired) electrons. The van der Waals surface area contributed by atoms with Crippen molar-refractivity contribution in [2.75, 3.05) is 6.54 Å². The van der Waals surface area contributed by atoms with Crippen molar-refractivity contribution in [2.24, 2.45) is 5.73 Å². The Morgan fingerprint density at radius 2 is 2.00 bits per heavy atom. The molecule has 1 saturated carbocycles. The van der Waals surface area contributed by atoms with Gasteiger partial charge in [-0.15, -0.1) is 0 Å². The highest BCUT2D eigenvalue weighted by molar-refractivity contribution is 5.82. The maximum Gasteiger partial charge on any atom is 0.240 e. The van der Waals surface area contributed by atoms with Gasteiger partial charge in [0, 0.05) is 25.4 Å². The lowest BCUT2D eigenvalue weighted by atomic mass is 10.1.